The molecule has 3 aliphatic rings. The zero-order chi connectivity index (χ0) is 58.6. The number of aromatic carboxylic acids is 1. The van der Waals surface area contributed by atoms with E-state index in [0.717, 1.165) is 4.57 Å². The third kappa shape index (κ3) is 17.4. The lowest BCUT2D eigenvalue weighted by Gasteiger charge is -2.23. The number of benzene rings is 3. The van der Waals surface area contributed by atoms with Crippen LogP contribution in [0.2, 0.25) is 0 Å². The lowest BCUT2D eigenvalue weighted by molar-refractivity contribution is -0.0543. The Kier molecular flexibility index (Phi) is 20.6. The van der Waals surface area contributed by atoms with E-state index in [2.05, 4.69) is 30.8 Å². The Hall–Kier alpha value is -4.29. The Labute approximate surface area is 466 Å². The summed E-state index contributed by atoms with van der Waals surface area (Å²) in [6, 6.07) is 9.61. The quantitative estimate of drug-likeness (QED) is 0.00473. The van der Waals surface area contributed by atoms with Gasteiger partial charge in [-0.1, -0.05) is 81.9 Å². The van der Waals surface area contributed by atoms with E-state index in [1.165, 1.54) is 91.8 Å². The number of carbonyl (C=O) groups excluding carboxylic acids is 1. The number of carbonyl (C=O) groups is 2. The highest BCUT2D eigenvalue weighted by atomic mass is 33.1. The number of phosphoric ester groups is 1. The van der Waals surface area contributed by atoms with Gasteiger partial charge in [0.05, 0.1) is 34.9 Å². The Balaban J connectivity index is 1.07. The summed E-state index contributed by atoms with van der Waals surface area (Å²) in [6.07, 6.45) is -2.08. The molecule has 35 heteroatoms. The summed E-state index contributed by atoms with van der Waals surface area (Å²) in [5, 5.41) is 21.7. The predicted octanol–water partition coefficient (Wildman–Crippen LogP) is 6.73. The molecule has 1 fully saturated rings. The molecule has 3 heterocycles. The molecule has 2 unspecified atom stereocenters. The monoisotopic (exact) mass is 1250 g/mol. The van der Waals surface area contributed by atoms with E-state index in [-0.39, 0.29) is 97.6 Å². The van der Waals surface area contributed by atoms with Gasteiger partial charge in [0.2, 0.25) is 0 Å². The van der Waals surface area contributed by atoms with Crippen molar-refractivity contribution in [3.05, 3.63) is 86.8 Å². The molecule has 5 atom stereocenters. The number of fused-ring (bicyclic) bond motifs is 2. The van der Waals surface area contributed by atoms with Gasteiger partial charge in [-0.2, -0.15) is 22.0 Å². The molecular formula is C44H53N6O21P3S5. The molecule has 3 aromatic rings. The van der Waals surface area contributed by atoms with Crippen LogP contribution in [0, 0.1) is 24.2 Å². The van der Waals surface area contributed by atoms with Crippen molar-refractivity contribution in [2.24, 2.45) is 0 Å². The first-order valence-corrected chi connectivity index (χ1v) is 33.2. The van der Waals surface area contributed by atoms with E-state index in [1.807, 2.05) is 34.6 Å². The smallest absolute Gasteiger partial charge is 0.478 e. The van der Waals surface area contributed by atoms with Gasteiger partial charge < -0.3 is 65.5 Å². The van der Waals surface area contributed by atoms with Crippen molar-refractivity contribution < 1.29 is 92.7 Å². The summed E-state index contributed by atoms with van der Waals surface area (Å²) in [5.41, 5.74) is 11.1. The minimum atomic E-state index is -5.81. The second kappa shape index (κ2) is 25.5. The number of anilines is 2. The first kappa shape index (κ1) is 63.9. The highest BCUT2D eigenvalue weighted by Crippen LogP contribution is 2.66. The maximum Gasteiger partial charge on any atom is 0.490 e. The van der Waals surface area contributed by atoms with Crippen LogP contribution in [0.3, 0.4) is 0 Å². The normalized spacial score (nSPS) is 17.7. The van der Waals surface area contributed by atoms with E-state index < -0.39 is 85.8 Å². The second-order valence-electron chi connectivity index (χ2n) is 18.5. The van der Waals surface area contributed by atoms with Crippen LogP contribution >= 0.6 is 66.6 Å². The van der Waals surface area contributed by atoms with Crippen molar-refractivity contribution in [3.8, 4) is 34.3 Å². The number of phosphoric acid groups is 3. The highest BCUT2D eigenvalue weighted by molar-refractivity contribution is 8.77. The lowest BCUT2D eigenvalue weighted by atomic mass is 9.88. The van der Waals surface area contributed by atoms with Crippen LogP contribution in [0.4, 0.5) is 11.5 Å². The highest BCUT2D eigenvalue weighted by Gasteiger charge is 2.44. The van der Waals surface area contributed by atoms with Gasteiger partial charge in [-0.15, -0.1) is 0 Å². The fourth-order valence-electron chi connectivity index (χ4n) is 7.41. The van der Waals surface area contributed by atoms with Gasteiger partial charge in [0.15, 0.2) is 10.5 Å². The number of nitrogen functional groups attached to an aromatic ring is 2. The van der Waals surface area contributed by atoms with E-state index in [0.29, 0.717) is 11.1 Å². The van der Waals surface area contributed by atoms with Crippen LogP contribution in [0.15, 0.2) is 62.8 Å². The van der Waals surface area contributed by atoms with Gasteiger partial charge >= 0.3 is 35.1 Å². The fraction of sp³-hybridized carbons (Fsp3) is 0.386. The molecule has 0 bridgehead atoms. The van der Waals surface area contributed by atoms with Crippen molar-refractivity contribution in [1.82, 2.24) is 14.9 Å². The van der Waals surface area contributed by atoms with Gasteiger partial charge in [-0.3, -0.25) is 18.4 Å². The average molecular weight is 1260 g/mol. The number of nitrogens with one attached hydrogen (secondary N) is 2. The SMILES string of the molecule is Cc1c2oc3c(S(=O)(=O)O)c(N)ccc3c(-c3ccc(C(=O)NCC(C)(C)SSCOCC#Cc4cn([C@H]5C[C@@H](OCSSC(C)(C)C)[C@@H](COP(=O)(O)OP(=O)(O)OP(=O)(O)O)O5)c(=O)nc4N)cc3C(=O)O)c-2ccc1=N. The molecule has 2 aliphatic heterocycles. The first-order chi connectivity index (χ1) is 36.6. The number of nitrogens with two attached hydrogens (primary N) is 2. The molecule has 0 radical (unpaired) electrons. The summed E-state index contributed by atoms with van der Waals surface area (Å²) in [4.78, 5) is 79.9. The standard InChI is InChI=1S/C44H53N6O21P3S5/c1-23-30(45)13-11-27-35(28-12-14-31(46)38(79(62,63)64)37(28)69-36(23)27)26-10-9-24(16-29(26)41(52)53)40(51)48-20-44(5,6)78-75-21-65-15-7-8-25-18-50(42(54)49-39(25)47)34-17-32(66-22-76-77-43(2,3)4)33(68-34)19-67-73(58,59)71-74(60,61)70-72(55,56)57/h9-14,16,18,32-34,45H,15,17,19-22,46H2,1-6H3,(H,48,51)(H,52,53)(H,58,59)(H,60,61)(H2,47,49,54)(H2,55,56,57)(H,62,63,64)/t32-,33-,34-/m1/s1. The average Bonchev–Trinajstić information content (AvgIpc) is 3.85. The molecule has 0 spiro atoms. The third-order valence-electron chi connectivity index (χ3n) is 10.7. The van der Waals surface area contributed by atoms with Crippen molar-refractivity contribution in [2.75, 3.05) is 43.1 Å². The van der Waals surface area contributed by atoms with Crippen molar-refractivity contribution >= 4 is 111 Å². The molecule has 2 aromatic carbocycles. The molecule has 1 amide bonds. The van der Waals surface area contributed by atoms with E-state index in [4.69, 9.17) is 49.8 Å². The zero-order valence-electron chi connectivity index (χ0n) is 42.3. The van der Waals surface area contributed by atoms with Crippen LogP contribution in [0.5, 0.6) is 0 Å². The molecule has 79 heavy (non-hydrogen) atoms. The number of carboxylic acid groups (broad SMARTS) is 1. The maximum absolute atomic E-state index is 13.5. The molecule has 1 saturated heterocycles. The van der Waals surface area contributed by atoms with Gasteiger partial charge in [-0.05, 0) is 62.7 Å². The summed E-state index contributed by atoms with van der Waals surface area (Å²) < 4.78 is 107. The number of aromatic nitrogens is 2. The van der Waals surface area contributed by atoms with Crippen LogP contribution in [-0.4, -0.2) is 112 Å². The largest absolute Gasteiger partial charge is 0.490 e. The van der Waals surface area contributed by atoms with Crippen LogP contribution in [0.25, 0.3) is 33.4 Å². The number of ether oxygens (including phenoxy) is 3. The van der Waals surface area contributed by atoms with Crippen LogP contribution < -0.4 is 27.8 Å². The van der Waals surface area contributed by atoms with Gasteiger partial charge in [0.25, 0.3) is 16.0 Å². The summed E-state index contributed by atoms with van der Waals surface area (Å²) in [6.45, 7) is 10.3. The topological polar surface area (TPSA) is 432 Å². The van der Waals surface area contributed by atoms with E-state index in [1.54, 1.807) is 6.92 Å². The van der Waals surface area contributed by atoms with E-state index >= 15 is 0 Å². The molecule has 6 rings (SSSR count). The molecule has 27 nitrogen and oxygen atoms in total. The van der Waals surface area contributed by atoms with Gasteiger partial charge in [0.1, 0.15) is 42.4 Å². The second-order valence-corrected chi connectivity index (χ2v) is 30.3. The fourth-order valence-corrected chi connectivity index (χ4v) is 15.3. The Morgan fingerprint density at radius 3 is 2.32 bits per heavy atom. The number of hydrogen-bond acceptors (Lipinski definition) is 23. The zero-order valence-corrected chi connectivity index (χ0v) is 49.1. The van der Waals surface area contributed by atoms with Crippen molar-refractivity contribution in [1.29, 1.82) is 5.41 Å². The first-order valence-electron chi connectivity index (χ1n) is 22.6. The number of amides is 1. The molecule has 12 N–H and O–H groups in total. The van der Waals surface area contributed by atoms with Gasteiger partial charge in [0, 0.05) is 56.3 Å². The Bertz CT molecular complexity index is 3580. The predicted molar refractivity (Wildman–Crippen MR) is 295 cm³/mol. The molecule has 430 valence electrons. The Morgan fingerprint density at radius 2 is 1.66 bits per heavy atom. The minimum Gasteiger partial charge on any atom is -0.478 e. The lowest BCUT2D eigenvalue weighted by Crippen LogP contribution is -2.36. The van der Waals surface area contributed by atoms with Gasteiger partial charge in [-0.25, -0.2) is 23.3 Å². The molecule has 1 aromatic heterocycles. The van der Waals surface area contributed by atoms with Crippen LogP contribution in [-0.2, 0) is 51.2 Å². The summed E-state index contributed by atoms with van der Waals surface area (Å²) in [7, 11) is -16.5. The number of rotatable bonds is 23. The number of carboxylic acids is 1. The Morgan fingerprint density at radius 1 is 0.975 bits per heavy atom. The number of nitrogens with zero attached hydrogens (tertiary/aromatic N) is 2. The maximum atomic E-state index is 13.5. The molecule has 0 saturated carbocycles. The molecule has 1 aliphatic carbocycles. The third-order valence-corrected chi connectivity index (χ3v) is 21.5. The summed E-state index contributed by atoms with van der Waals surface area (Å²) >= 11 is 0. The summed E-state index contributed by atoms with van der Waals surface area (Å²) in [5.74, 6) is 3.57. The van der Waals surface area contributed by atoms with Crippen LogP contribution in [0.1, 0.15) is 79.1 Å². The van der Waals surface area contributed by atoms with Crippen molar-refractivity contribution in [2.45, 2.75) is 80.8 Å². The number of hydrogen-bond donors (Lipinski definition) is 10. The minimum absolute atomic E-state index is 0.00385. The van der Waals surface area contributed by atoms with Crippen molar-refractivity contribution in [3.63, 3.8) is 0 Å². The van der Waals surface area contributed by atoms with E-state index in [9.17, 15) is 55.9 Å². The molecular weight excluding hydrogens is 1200 g/mol.